The molecule has 0 bridgehead atoms. The Balaban J connectivity index is 2.43. The van der Waals surface area contributed by atoms with Crippen LogP contribution in [-0.2, 0) is 0 Å². The van der Waals surface area contributed by atoms with Crippen molar-refractivity contribution < 1.29 is 4.79 Å². The highest BCUT2D eigenvalue weighted by Crippen LogP contribution is 2.29. The van der Waals surface area contributed by atoms with Crippen molar-refractivity contribution in [3.8, 4) is 0 Å². The van der Waals surface area contributed by atoms with Gasteiger partial charge in [0.25, 0.3) is 0 Å². The van der Waals surface area contributed by atoms with Crippen LogP contribution in [0, 0.1) is 0 Å². The van der Waals surface area contributed by atoms with Crippen LogP contribution in [0.2, 0.25) is 0 Å². The van der Waals surface area contributed by atoms with Crippen LogP contribution in [0.4, 0.5) is 4.79 Å². The molecule has 1 aliphatic carbocycles. The summed E-state index contributed by atoms with van der Waals surface area (Å²) >= 11 is 1.98. The number of urea groups is 1. The lowest BCUT2D eigenvalue weighted by Gasteiger charge is -2.25. The van der Waals surface area contributed by atoms with Crippen molar-refractivity contribution >= 4 is 17.8 Å². The smallest absolute Gasteiger partial charge is 0.317 e. The summed E-state index contributed by atoms with van der Waals surface area (Å²) in [7, 11) is 0. The van der Waals surface area contributed by atoms with Crippen molar-refractivity contribution in [3.05, 3.63) is 0 Å². The van der Waals surface area contributed by atoms with Gasteiger partial charge in [0, 0.05) is 24.4 Å². The average Bonchev–Trinajstić information content (AvgIpc) is 2.68. The van der Waals surface area contributed by atoms with E-state index in [2.05, 4.69) is 12.2 Å². The van der Waals surface area contributed by atoms with E-state index < -0.39 is 0 Å². The van der Waals surface area contributed by atoms with Crippen LogP contribution in [0.25, 0.3) is 0 Å². The van der Waals surface area contributed by atoms with Crippen LogP contribution in [0.3, 0.4) is 0 Å². The molecular weight excluding hydrogens is 220 g/mol. The number of hydrogen-bond acceptors (Lipinski definition) is 2. The third-order valence-corrected chi connectivity index (χ3v) is 4.52. The van der Waals surface area contributed by atoms with Gasteiger partial charge >= 0.3 is 6.03 Å². The first kappa shape index (κ1) is 13.7. The van der Waals surface area contributed by atoms with Gasteiger partial charge in [0.1, 0.15) is 0 Å². The van der Waals surface area contributed by atoms with Crippen LogP contribution >= 0.6 is 11.8 Å². The van der Waals surface area contributed by atoms with Gasteiger partial charge in [-0.3, -0.25) is 0 Å². The minimum Gasteiger partial charge on any atom is -0.334 e. The molecule has 2 atom stereocenters. The van der Waals surface area contributed by atoms with E-state index in [1.54, 1.807) is 0 Å². The maximum absolute atomic E-state index is 11.9. The van der Waals surface area contributed by atoms with E-state index in [0.717, 1.165) is 25.3 Å². The molecule has 0 aromatic rings. The highest BCUT2D eigenvalue weighted by molar-refractivity contribution is 7.99. The summed E-state index contributed by atoms with van der Waals surface area (Å²) in [6.45, 7) is 7.82. The van der Waals surface area contributed by atoms with E-state index in [4.69, 9.17) is 0 Å². The van der Waals surface area contributed by atoms with E-state index >= 15 is 0 Å². The van der Waals surface area contributed by atoms with Gasteiger partial charge in [-0.1, -0.05) is 13.3 Å². The Bertz CT molecular complexity index is 219. The van der Waals surface area contributed by atoms with Gasteiger partial charge in [0.2, 0.25) is 0 Å². The standard InChI is InChI=1S/C12H24N2OS/c1-4-14(5-2)12(15)13-10-8-7-9-11(10)16-6-3/h10-11H,4-9H2,1-3H3,(H,13,15). The molecule has 94 valence electrons. The van der Waals surface area contributed by atoms with E-state index in [-0.39, 0.29) is 6.03 Å². The molecule has 0 spiro atoms. The minimum atomic E-state index is 0.110. The Labute approximate surface area is 103 Å². The predicted molar refractivity (Wildman–Crippen MR) is 71.0 cm³/mol. The maximum Gasteiger partial charge on any atom is 0.317 e. The average molecular weight is 244 g/mol. The molecule has 0 saturated heterocycles. The molecule has 0 aromatic carbocycles. The van der Waals surface area contributed by atoms with Gasteiger partial charge in [0.05, 0.1) is 0 Å². The molecule has 0 aromatic heterocycles. The summed E-state index contributed by atoms with van der Waals surface area (Å²) in [4.78, 5) is 13.8. The first-order valence-electron chi connectivity index (χ1n) is 6.39. The molecule has 1 N–H and O–H groups in total. The van der Waals surface area contributed by atoms with Gasteiger partial charge in [-0.15, -0.1) is 0 Å². The lowest BCUT2D eigenvalue weighted by atomic mass is 10.2. The van der Waals surface area contributed by atoms with Crippen LogP contribution in [0.1, 0.15) is 40.0 Å². The number of carbonyl (C=O) groups is 1. The number of rotatable bonds is 5. The second kappa shape index (κ2) is 7.05. The molecule has 3 nitrogen and oxygen atoms in total. The van der Waals surface area contributed by atoms with Crippen molar-refractivity contribution in [2.75, 3.05) is 18.8 Å². The number of nitrogens with one attached hydrogen (secondary N) is 1. The summed E-state index contributed by atoms with van der Waals surface area (Å²) in [5.41, 5.74) is 0. The summed E-state index contributed by atoms with van der Waals surface area (Å²) < 4.78 is 0. The van der Waals surface area contributed by atoms with Crippen molar-refractivity contribution in [3.63, 3.8) is 0 Å². The zero-order chi connectivity index (χ0) is 12.0. The Hall–Kier alpha value is -0.380. The van der Waals surface area contributed by atoms with Gasteiger partial charge in [-0.05, 0) is 32.4 Å². The predicted octanol–water partition coefficient (Wildman–Crippen LogP) is 2.71. The lowest BCUT2D eigenvalue weighted by molar-refractivity contribution is 0.199. The van der Waals surface area contributed by atoms with Crippen molar-refractivity contribution in [2.24, 2.45) is 0 Å². The maximum atomic E-state index is 11.9. The largest absolute Gasteiger partial charge is 0.334 e. The fourth-order valence-electron chi connectivity index (χ4n) is 2.27. The first-order valence-corrected chi connectivity index (χ1v) is 7.44. The van der Waals surface area contributed by atoms with Crippen LogP contribution in [0.5, 0.6) is 0 Å². The number of amides is 2. The molecule has 2 amide bonds. The van der Waals surface area contributed by atoms with Crippen LogP contribution in [-0.4, -0.2) is 41.1 Å². The van der Waals surface area contributed by atoms with Gasteiger partial charge in [-0.2, -0.15) is 11.8 Å². The van der Waals surface area contributed by atoms with Crippen LogP contribution < -0.4 is 5.32 Å². The van der Waals surface area contributed by atoms with E-state index in [0.29, 0.717) is 11.3 Å². The third kappa shape index (κ3) is 3.58. The number of carbonyl (C=O) groups excluding carboxylic acids is 1. The number of thioether (sulfide) groups is 1. The SMILES string of the molecule is CCSC1CCCC1NC(=O)N(CC)CC. The third-order valence-electron chi connectivity index (χ3n) is 3.19. The Kier molecular flexibility index (Phi) is 6.03. The quantitative estimate of drug-likeness (QED) is 0.806. The monoisotopic (exact) mass is 244 g/mol. The lowest BCUT2D eigenvalue weighted by Crippen LogP contribution is -2.46. The van der Waals surface area contributed by atoms with Crippen molar-refractivity contribution in [1.29, 1.82) is 0 Å². The molecule has 1 saturated carbocycles. The van der Waals surface area contributed by atoms with Crippen molar-refractivity contribution in [1.82, 2.24) is 10.2 Å². The van der Waals surface area contributed by atoms with Crippen molar-refractivity contribution in [2.45, 2.75) is 51.3 Å². The van der Waals surface area contributed by atoms with Crippen LogP contribution in [0.15, 0.2) is 0 Å². The van der Waals surface area contributed by atoms with E-state index in [9.17, 15) is 4.79 Å². The number of nitrogens with zero attached hydrogens (tertiary/aromatic N) is 1. The normalized spacial score (nSPS) is 24.4. The molecule has 4 heteroatoms. The topological polar surface area (TPSA) is 32.3 Å². The summed E-state index contributed by atoms with van der Waals surface area (Å²) in [6.07, 6.45) is 3.65. The minimum absolute atomic E-state index is 0.110. The zero-order valence-corrected chi connectivity index (χ0v) is 11.5. The first-order chi connectivity index (χ1) is 7.72. The van der Waals surface area contributed by atoms with Gasteiger partial charge in [-0.25, -0.2) is 4.79 Å². The molecule has 0 radical (unpaired) electrons. The van der Waals surface area contributed by atoms with Gasteiger partial charge < -0.3 is 10.2 Å². The molecule has 16 heavy (non-hydrogen) atoms. The van der Waals surface area contributed by atoms with Gasteiger partial charge in [0.15, 0.2) is 0 Å². The summed E-state index contributed by atoms with van der Waals surface area (Å²) in [5, 5.41) is 3.81. The molecule has 0 heterocycles. The molecule has 0 aliphatic heterocycles. The zero-order valence-electron chi connectivity index (χ0n) is 10.7. The van der Waals surface area contributed by atoms with E-state index in [1.165, 1.54) is 12.8 Å². The fraction of sp³-hybridized carbons (Fsp3) is 0.917. The Morgan fingerprint density at radius 2 is 2.00 bits per heavy atom. The molecule has 1 aliphatic rings. The molecule has 2 unspecified atom stereocenters. The summed E-state index contributed by atoms with van der Waals surface area (Å²) in [5.74, 6) is 1.14. The second-order valence-corrected chi connectivity index (χ2v) is 5.67. The fourth-order valence-corrected chi connectivity index (χ4v) is 3.46. The molecule has 1 fully saturated rings. The van der Waals surface area contributed by atoms with E-state index in [1.807, 2.05) is 30.5 Å². The highest BCUT2D eigenvalue weighted by Gasteiger charge is 2.29. The summed E-state index contributed by atoms with van der Waals surface area (Å²) in [6, 6.07) is 0.497. The Morgan fingerprint density at radius 3 is 2.56 bits per heavy atom. The highest BCUT2D eigenvalue weighted by atomic mass is 32.2. The Morgan fingerprint density at radius 1 is 1.31 bits per heavy atom. The molecule has 1 rings (SSSR count). The number of hydrogen-bond donors (Lipinski definition) is 1. The molecular formula is C12H24N2OS. The second-order valence-electron chi connectivity index (χ2n) is 4.15.